The largest absolute Gasteiger partial charge is 0.506 e. The second kappa shape index (κ2) is 4.76. The minimum absolute atomic E-state index is 0.0199. The van der Waals surface area contributed by atoms with Crippen LogP contribution in [-0.2, 0) is 0 Å². The number of aromatic nitrogens is 2. The van der Waals surface area contributed by atoms with Crippen molar-refractivity contribution in [3.8, 4) is 11.4 Å². The minimum Gasteiger partial charge on any atom is -0.506 e. The standard InChI is InChI=1S/C14H16N2O3/c1-8(2)13-10(14(18)19)7-15-16(13)11-6-9(3)4-5-12(11)17/h4-8,17H,1-3H3,(H,18,19). The number of hydrogen-bond donors (Lipinski definition) is 2. The predicted molar refractivity (Wildman–Crippen MR) is 71.0 cm³/mol. The van der Waals surface area contributed by atoms with E-state index in [9.17, 15) is 15.0 Å². The fourth-order valence-electron chi connectivity index (χ4n) is 2.07. The number of carbonyl (C=O) groups is 1. The number of carboxylic acids is 1. The molecule has 100 valence electrons. The number of aromatic carboxylic acids is 1. The lowest BCUT2D eigenvalue weighted by molar-refractivity contribution is 0.0695. The van der Waals surface area contributed by atoms with Gasteiger partial charge < -0.3 is 10.2 Å². The molecule has 0 aliphatic carbocycles. The van der Waals surface area contributed by atoms with Crippen LogP contribution in [0.1, 0.15) is 41.4 Å². The van der Waals surface area contributed by atoms with Crippen molar-refractivity contribution in [1.29, 1.82) is 0 Å². The Bertz CT molecular complexity index is 630. The van der Waals surface area contributed by atoms with Crippen LogP contribution >= 0.6 is 0 Å². The van der Waals surface area contributed by atoms with Crippen LogP contribution in [0.5, 0.6) is 5.75 Å². The highest BCUT2D eigenvalue weighted by molar-refractivity contribution is 5.89. The Morgan fingerprint density at radius 2 is 2.05 bits per heavy atom. The van der Waals surface area contributed by atoms with Crippen molar-refractivity contribution in [1.82, 2.24) is 9.78 Å². The highest BCUT2D eigenvalue weighted by Gasteiger charge is 2.21. The summed E-state index contributed by atoms with van der Waals surface area (Å²) in [6.45, 7) is 5.69. The van der Waals surface area contributed by atoms with Gasteiger partial charge in [0.15, 0.2) is 0 Å². The first-order valence-electron chi connectivity index (χ1n) is 6.03. The van der Waals surface area contributed by atoms with Gasteiger partial charge in [0.25, 0.3) is 0 Å². The third-order valence-electron chi connectivity index (χ3n) is 2.94. The Hall–Kier alpha value is -2.30. The number of aryl methyl sites for hydroxylation is 1. The zero-order valence-electron chi connectivity index (χ0n) is 11.1. The van der Waals surface area contributed by atoms with Crippen molar-refractivity contribution in [3.63, 3.8) is 0 Å². The predicted octanol–water partition coefficient (Wildman–Crippen LogP) is 2.71. The van der Waals surface area contributed by atoms with Gasteiger partial charge in [-0.1, -0.05) is 19.9 Å². The van der Waals surface area contributed by atoms with Crippen LogP contribution in [-0.4, -0.2) is 26.0 Å². The molecule has 2 rings (SSSR count). The van der Waals surface area contributed by atoms with Crippen LogP contribution in [0.2, 0.25) is 0 Å². The zero-order chi connectivity index (χ0) is 14.2. The molecule has 5 nitrogen and oxygen atoms in total. The van der Waals surface area contributed by atoms with Crippen LogP contribution in [0.3, 0.4) is 0 Å². The number of carboxylic acid groups (broad SMARTS) is 1. The van der Waals surface area contributed by atoms with Crippen LogP contribution < -0.4 is 0 Å². The van der Waals surface area contributed by atoms with Crippen molar-refractivity contribution in [2.45, 2.75) is 26.7 Å². The lowest BCUT2D eigenvalue weighted by atomic mass is 10.1. The number of rotatable bonds is 3. The fraction of sp³-hybridized carbons (Fsp3) is 0.286. The summed E-state index contributed by atoms with van der Waals surface area (Å²) in [7, 11) is 0. The molecule has 5 heteroatoms. The van der Waals surface area contributed by atoms with Crippen molar-refractivity contribution in [3.05, 3.63) is 41.2 Å². The molecule has 1 heterocycles. The SMILES string of the molecule is Cc1ccc(O)c(-n2ncc(C(=O)O)c2C(C)C)c1. The quantitative estimate of drug-likeness (QED) is 0.889. The molecule has 0 bridgehead atoms. The summed E-state index contributed by atoms with van der Waals surface area (Å²) >= 11 is 0. The first-order chi connectivity index (χ1) is 8.91. The van der Waals surface area contributed by atoms with Crippen molar-refractivity contribution in [2.24, 2.45) is 0 Å². The van der Waals surface area contributed by atoms with E-state index in [2.05, 4.69) is 5.10 Å². The number of hydrogen-bond acceptors (Lipinski definition) is 3. The molecule has 0 atom stereocenters. The molecule has 0 unspecified atom stereocenters. The van der Waals surface area contributed by atoms with Gasteiger partial charge in [0.2, 0.25) is 0 Å². The lowest BCUT2D eigenvalue weighted by Gasteiger charge is -2.13. The molecular formula is C14H16N2O3. The van der Waals surface area contributed by atoms with E-state index in [0.717, 1.165) is 5.56 Å². The van der Waals surface area contributed by atoms with Crippen molar-refractivity contribution >= 4 is 5.97 Å². The highest BCUT2D eigenvalue weighted by atomic mass is 16.4. The molecule has 1 aromatic heterocycles. The lowest BCUT2D eigenvalue weighted by Crippen LogP contribution is -2.08. The van der Waals surface area contributed by atoms with E-state index in [0.29, 0.717) is 11.4 Å². The fourth-order valence-corrected chi connectivity index (χ4v) is 2.07. The molecule has 0 fully saturated rings. The van der Waals surface area contributed by atoms with Gasteiger partial charge in [0, 0.05) is 0 Å². The number of aromatic hydroxyl groups is 1. The van der Waals surface area contributed by atoms with E-state index >= 15 is 0 Å². The van der Waals surface area contributed by atoms with Gasteiger partial charge in [-0.3, -0.25) is 0 Å². The monoisotopic (exact) mass is 260 g/mol. The van der Waals surface area contributed by atoms with Gasteiger partial charge in [0.1, 0.15) is 17.0 Å². The maximum atomic E-state index is 11.2. The number of benzene rings is 1. The van der Waals surface area contributed by atoms with E-state index in [-0.39, 0.29) is 17.2 Å². The van der Waals surface area contributed by atoms with Gasteiger partial charge in [-0.25, -0.2) is 9.48 Å². The first-order valence-corrected chi connectivity index (χ1v) is 6.03. The summed E-state index contributed by atoms with van der Waals surface area (Å²) in [4.78, 5) is 11.2. The molecule has 0 spiro atoms. The molecule has 19 heavy (non-hydrogen) atoms. The highest BCUT2D eigenvalue weighted by Crippen LogP contribution is 2.28. The van der Waals surface area contributed by atoms with Crippen molar-refractivity contribution < 1.29 is 15.0 Å². The number of nitrogens with zero attached hydrogens (tertiary/aromatic N) is 2. The molecule has 1 aromatic carbocycles. The molecular weight excluding hydrogens is 244 g/mol. The molecule has 0 aliphatic heterocycles. The molecule has 0 saturated carbocycles. The Morgan fingerprint density at radius 1 is 1.37 bits per heavy atom. The Morgan fingerprint density at radius 3 is 2.63 bits per heavy atom. The third kappa shape index (κ3) is 2.31. The molecule has 2 aromatic rings. The second-order valence-corrected chi connectivity index (χ2v) is 4.81. The van der Waals surface area contributed by atoms with Gasteiger partial charge in [-0.2, -0.15) is 5.10 Å². The minimum atomic E-state index is -1.01. The average Bonchev–Trinajstić information content (AvgIpc) is 2.76. The Balaban J connectivity index is 2.69. The van der Waals surface area contributed by atoms with E-state index in [1.807, 2.05) is 20.8 Å². The molecule has 2 N–H and O–H groups in total. The topological polar surface area (TPSA) is 75.3 Å². The summed E-state index contributed by atoms with van der Waals surface area (Å²) < 4.78 is 1.50. The summed E-state index contributed by atoms with van der Waals surface area (Å²) in [6, 6.07) is 5.15. The number of phenols is 1. The Labute approximate surface area is 111 Å². The smallest absolute Gasteiger partial charge is 0.339 e. The van der Waals surface area contributed by atoms with Crippen LogP contribution in [0.15, 0.2) is 24.4 Å². The molecule has 0 radical (unpaired) electrons. The number of phenolic OH excluding ortho intramolecular Hbond substituents is 1. The summed E-state index contributed by atoms with van der Waals surface area (Å²) in [6.07, 6.45) is 1.32. The zero-order valence-corrected chi connectivity index (χ0v) is 11.1. The first kappa shape index (κ1) is 13.1. The van der Waals surface area contributed by atoms with Crippen molar-refractivity contribution in [2.75, 3.05) is 0 Å². The van der Waals surface area contributed by atoms with E-state index < -0.39 is 5.97 Å². The van der Waals surface area contributed by atoms with Crippen LogP contribution in [0.4, 0.5) is 0 Å². The normalized spacial score (nSPS) is 10.9. The maximum Gasteiger partial charge on any atom is 0.339 e. The Kier molecular flexibility index (Phi) is 3.29. The molecule has 0 saturated heterocycles. The molecule has 0 amide bonds. The van der Waals surface area contributed by atoms with Gasteiger partial charge in [-0.05, 0) is 30.5 Å². The average molecular weight is 260 g/mol. The van der Waals surface area contributed by atoms with Crippen LogP contribution in [0.25, 0.3) is 5.69 Å². The van der Waals surface area contributed by atoms with Gasteiger partial charge in [-0.15, -0.1) is 0 Å². The van der Waals surface area contributed by atoms with Gasteiger partial charge >= 0.3 is 5.97 Å². The molecule has 0 aliphatic rings. The second-order valence-electron chi connectivity index (χ2n) is 4.81. The summed E-state index contributed by atoms with van der Waals surface area (Å²) in [5.74, 6) is -0.955. The van der Waals surface area contributed by atoms with E-state index in [1.54, 1.807) is 18.2 Å². The van der Waals surface area contributed by atoms with Crippen LogP contribution in [0, 0.1) is 6.92 Å². The van der Waals surface area contributed by atoms with E-state index in [4.69, 9.17) is 0 Å². The van der Waals surface area contributed by atoms with Gasteiger partial charge in [0.05, 0.1) is 11.9 Å². The van der Waals surface area contributed by atoms with E-state index in [1.165, 1.54) is 10.9 Å². The summed E-state index contributed by atoms with van der Waals surface area (Å²) in [5.41, 5.74) is 2.20. The maximum absolute atomic E-state index is 11.2. The summed E-state index contributed by atoms with van der Waals surface area (Å²) in [5, 5.41) is 23.2. The third-order valence-corrected chi connectivity index (χ3v) is 2.94.